The number of ether oxygens (including phenoxy) is 2. The molecule has 1 fully saturated rings. The number of methoxy groups -OCH3 is 1. The molecule has 1 saturated heterocycles. The molecule has 1 heterocycles. The molecule has 0 spiro atoms. The quantitative estimate of drug-likeness (QED) is 0.775. The molecule has 0 radical (unpaired) electrons. The van der Waals surface area contributed by atoms with Crippen LogP contribution in [0.25, 0.3) is 0 Å². The predicted molar refractivity (Wildman–Crippen MR) is 91.1 cm³/mol. The summed E-state index contributed by atoms with van der Waals surface area (Å²) in [5.74, 6) is -0.107. The molecule has 1 aromatic carbocycles. The maximum absolute atomic E-state index is 12.2. The molecule has 0 aromatic heterocycles. The Morgan fingerprint density at radius 1 is 1.41 bits per heavy atom. The highest BCUT2D eigenvalue weighted by Crippen LogP contribution is 2.35. The Labute approximate surface area is 140 Å². The molecule has 22 heavy (non-hydrogen) atoms. The van der Waals surface area contributed by atoms with Crippen molar-refractivity contribution in [3.63, 3.8) is 0 Å². The van der Waals surface area contributed by atoms with Crippen molar-refractivity contribution in [2.45, 2.75) is 32.6 Å². The smallest absolute Gasteiger partial charge is 0.312 e. The summed E-state index contributed by atoms with van der Waals surface area (Å²) in [5, 5.41) is 3.47. The molecule has 1 aliphatic rings. The van der Waals surface area contributed by atoms with E-state index >= 15 is 0 Å². The molecule has 0 atom stereocenters. The van der Waals surface area contributed by atoms with E-state index in [1.165, 1.54) is 12.7 Å². The standard InChI is InChI=1S/C17H24BrNO3/c1-3-13-12-14(18)4-5-15(13)19-9-6-17(16(20)21-2)7-10-22-11-8-17/h4-5,12,19H,3,6-11H2,1-2H3. The van der Waals surface area contributed by atoms with Gasteiger partial charge in [0.15, 0.2) is 0 Å². The number of halogens is 1. The van der Waals surface area contributed by atoms with Crippen LogP contribution in [0.1, 0.15) is 31.7 Å². The lowest BCUT2D eigenvalue weighted by molar-refractivity contribution is -0.159. The topological polar surface area (TPSA) is 47.6 Å². The van der Waals surface area contributed by atoms with Crippen molar-refractivity contribution in [2.24, 2.45) is 5.41 Å². The van der Waals surface area contributed by atoms with E-state index in [0.717, 1.165) is 42.4 Å². The van der Waals surface area contributed by atoms with Crippen LogP contribution in [0.2, 0.25) is 0 Å². The summed E-state index contributed by atoms with van der Waals surface area (Å²) in [6, 6.07) is 6.25. The Morgan fingerprint density at radius 3 is 2.77 bits per heavy atom. The van der Waals surface area contributed by atoms with Crippen molar-refractivity contribution in [1.29, 1.82) is 0 Å². The van der Waals surface area contributed by atoms with Gasteiger partial charge in [-0.1, -0.05) is 22.9 Å². The number of anilines is 1. The third-order valence-corrected chi connectivity index (χ3v) is 4.93. The Balaban J connectivity index is 2.00. The minimum absolute atomic E-state index is 0.107. The van der Waals surface area contributed by atoms with Crippen molar-refractivity contribution in [1.82, 2.24) is 0 Å². The second-order valence-electron chi connectivity index (χ2n) is 5.72. The summed E-state index contributed by atoms with van der Waals surface area (Å²) in [7, 11) is 1.47. The first-order valence-corrected chi connectivity index (χ1v) is 8.59. The number of rotatable bonds is 6. The first kappa shape index (κ1) is 17.3. The lowest BCUT2D eigenvalue weighted by Gasteiger charge is -2.34. The van der Waals surface area contributed by atoms with Crippen LogP contribution in [0.5, 0.6) is 0 Å². The molecule has 0 amide bonds. The molecule has 0 saturated carbocycles. The van der Waals surface area contributed by atoms with Gasteiger partial charge in [-0.05, 0) is 49.4 Å². The number of benzene rings is 1. The summed E-state index contributed by atoms with van der Waals surface area (Å²) in [6.07, 6.45) is 3.21. The number of carbonyl (C=O) groups excluding carboxylic acids is 1. The summed E-state index contributed by atoms with van der Waals surface area (Å²) in [4.78, 5) is 12.2. The average molecular weight is 370 g/mol. The highest BCUT2D eigenvalue weighted by atomic mass is 79.9. The lowest BCUT2D eigenvalue weighted by atomic mass is 9.77. The molecule has 4 nitrogen and oxygen atoms in total. The lowest BCUT2D eigenvalue weighted by Crippen LogP contribution is -2.39. The van der Waals surface area contributed by atoms with E-state index in [1.807, 2.05) is 6.07 Å². The highest BCUT2D eigenvalue weighted by Gasteiger charge is 2.40. The van der Waals surface area contributed by atoms with Gasteiger partial charge in [0.1, 0.15) is 0 Å². The number of esters is 1. The molecule has 0 aliphatic carbocycles. The Morgan fingerprint density at radius 2 is 2.14 bits per heavy atom. The van der Waals surface area contributed by atoms with Crippen molar-refractivity contribution in [3.8, 4) is 0 Å². The maximum Gasteiger partial charge on any atom is 0.312 e. The first-order valence-electron chi connectivity index (χ1n) is 7.80. The van der Waals surface area contributed by atoms with Gasteiger partial charge in [0.05, 0.1) is 12.5 Å². The first-order chi connectivity index (χ1) is 10.6. The van der Waals surface area contributed by atoms with E-state index in [-0.39, 0.29) is 5.97 Å². The van der Waals surface area contributed by atoms with Gasteiger partial charge in [-0.25, -0.2) is 0 Å². The Hall–Kier alpha value is -1.07. The molecule has 2 rings (SSSR count). The second-order valence-corrected chi connectivity index (χ2v) is 6.63. The van der Waals surface area contributed by atoms with Crippen LogP contribution in [0.4, 0.5) is 5.69 Å². The van der Waals surface area contributed by atoms with Gasteiger partial charge >= 0.3 is 5.97 Å². The number of hydrogen-bond acceptors (Lipinski definition) is 4. The van der Waals surface area contributed by atoms with Crippen LogP contribution in [0, 0.1) is 5.41 Å². The second kappa shape index (κ2) is 7.97. The van der Waals surface area contributed by atoms with Crippen molar-refractivity contribution in [2.75, 3.05) is 32.2 Å². The van der Waals surface area contributed by atoms with Gasteiger partial charge in [-0.2, -0.15) is 0 Å². The van der Waals surface area contributed by atoms with Crippen molar-refractivity contribution >= 4 is 27.6 Å². The zero-order valence-corrected chi connectivity index (χ0v) is 14.9. The highest BCUT2D eigenvalue weighted by molar-refractivity contribution is 9.10. The number of carbonyl (C=O) groups is 1. The van der Waals surface area contributed by atoms with Gasteiger partial charge < -0.3 is 14.8 Å². The normalized spacial score (nSPS) is 17.0. The largest absolute Gasteiger partial charge is 0.469 e. The maximum atomic E-state index is 12.2. The van der Waals surface area contributed by atoms with Crippen LogP contribution in [0.15, 0.2) is 22.7 Å². The monoisotopic (exact) mass is 369 g/mol. The number of nitrogens with one attached hydrogen (secondary N) is 1. The van der Waals surface area contributed by atoms with Crippen LogP contribution in [-0.4, -0.2) is 32.8 Å². The van der Waals surface area contributed by atoms with E-state index in [4.69, 9.17) is 9.47 Å². The van der Waals surface area contributed by atoms with Gasteiger partial charge in [0.2, 0.25) is 0 Å². The molecule has 1 aliphatic heterocycles. The summed E-state index contributed by atoms with van der Waals surface area (Å²) in [5.41, 5.74) is 2.01. The fourth-order valence-electron chi connectivity index (χ4n) is 3.00. The molecule has 0 unspecified atom stereocenters. The summed E-state index contributed by atoms with van der Waals surface area (Å²) in [6.45, 7) is 4.16. The van der Waals surface area contributed by atoms with E-state index in [0.29, 0.717) is 13.2 Å². The molecule has 1 aromatic rings. The van der Waals surface area contributed by atoms with Crippen molar-refractivity contribution in [3.05, 3.63) is 28.2 Å². The molecular formula is C17H24BrNO3. The zero-order valence-electron chi connectivity index (χ0n) is 13.3. The van der Waals surface area contributed by atoms with E-state index in [2.05, 4.69) is 40.3 Å². The minimum Gasteiger partial charge on any atom is -0.469 e. The van der Waals surface area contributed by atoms with Crippen LogP contribution < -0.4 is 5.32 Å². The number of aryl methyl sites for hydroxylation is 1. The third kappa shape index (κ3) is 4.02. The van der Waals surface area contributed by atoms with E-state index < -0.39 is 5.41 Å². The average Bonchev–Trinajstić information content (AvgIpc) is 2.56. The van der Waals surface area contributed by atoms with Gasteiger partial charge in [-0.3, -0.25) is 4.79 Å². The summed E-state index contributed by atoms with van der Waals surface area (Å²) < 4.78 is 11.5. The summed E-state index contributed by atoms with van der Waals surface area (Å²) >= 11 is 3.50. The zero-order chi connectivity index (χ0) is 16.0. The molecule has 122 valence electrons. The fraction of sp³-hybridized carbons (Fsp3) is 0.588. The van der Waals surface area contributed by atoms with Gasteiger partial charge in [0, 0.05) is 29.9 Å². The fourth-order valence-corrected chi connectivity index (χ4v) is 3.41. The minimum atomic E-state index is -0.401. The van der Waals surface area contributed by atoms with Crippen molar-refractivity contribution < 1.29 is 14.3 Å². The Kier molecular flexibility index (Phi) is 6.26. The van der Waals surface area contributed by atoms with Crippen LogP contribution in [0.3, 0.4) is 0 Å². The van der Waals surface area contributed by atoms with Crippen LogP contribution in [-0.2, 0) is 20.7 Å². The third-order valence-electron chi connectivity index (χ3n) is 4.44. The molecule has 5 heteroatoms. The molecule has 0 bridgehead atoms. The molecular weight excluding hydrogens is 346 g/mol. The predicted octanol–water partition coefficient (Wildman–Crippen LogP) is 3.78. The Bertz CT molecular complexity index is 513. The van der Waals surface area contributed by atoms with Crippen LogP contribution >= 0.6 is 15.9 Å². The number of hydrogen-bond donors (Lipinski definition) is 1. The SMILES string of the molecule is CCc1cc(Br)ccc1NCCC1(C(=O)OC)CCOCC1. The molecule has 1 N–H and O–H groups in total. The van der Waals surface area contributed by atoms with Gasteiger partial charge in [-0.15, -0.1) is 0 Å². The van der Waals surface area contributed by atoms with E-state index in [9.17, 15) is 4.79 Å². The van der Waals surface area contributed by atoms with Gasteiger partial charge in [0.25, 0.3) is 0 Å². The van der Waals surface area contributed by atoms with E-state index in [1.54, 1.807) is 0 Å².